The first-order valence-corrected chi connectivity index (χ1v) is 9.47. The first-order chi connectivity index (χ1) is 10.1. The van der Waals surface area contributed by atoms with Crippen LogP contribution in [0.25, 0.3) is 0 Å². The number of hydrogen-bond acceptors (Lipinski definition) is 0. The van der Waals surface area contributed by atoms with Gasteiger partial charge in [-0.1, -0.05) is 39.0 Å². The average Bonchev–Trinajstić information content (AvgIpc) is 2.37. The highest BCUT2D eigenvalue weighted by molar-refractivity contribution is 6.50. The second-order valence-electron chi connectivity index (χ2n) is 6.37. The fraction of sp³-hybridized carbons (Fsp3) is 0.500. The second-order valence-corrected chi connectivity index (χ2v) is 9.54. The molecular formula is C16H22BF4I. The van der Waals surface area contributed by atoms with Gasteiger partial charge in [0.1, 0.15) is 0 Å². The molecule has 0 N–H and O–H groups in total. The van der Waals surface area contributed by atoms with Gasteiger partial charge in [-0.15, -0.1) is 0 Å². The topological polar surface area (TPSA) is 0 Å². The molecule has 0 bridgehead atoms. The van der Waals surface area contributed by atoms with Crippen LogP contribution in [0.4, 0.5) is 17.3 Å². The van der Waals surface area contributed by atoms with Gasteiger partial charge in [0, 0.05) is 6.42 Å². The Morgan fingerprint density at radius 1 is 1.05 bits per heavy atom. The molecule has 2 rings (SSSR count). The first-order valence-electron chi connectivity index (χ1n) is 7.32. The van der Waals surface area contributed by atoms with Crippen LogP contribution in [0.3, 0.4) is 0 Å². The Morgan fingerprint density at radius 2 is 1.59 bits per heavy atom. The maximum absolute atomic E-state index is 9.75. The zero-order chi connectivity index (χ0) is 16.8. The molecule has 0 spiro atoms. The van der Waals surface area contributed by atoms with Gasteiger partial charge in [-0.25, -0.2) is 0 Å². The molecule has 0 radical (unpaired) electrons. The molecule has 1 atom stereocenters. The highest BCUT2D eigenvalue weighted by Gasteiger charge is 2.30. The van der Waals surface area contributed by atoms with Crippen molar-refractivity contribution in [3.8, 4) is 0 Å². The minimum atomic E-state index is -6.00. The van der Waals surface area contributed by atoms with Gasteiger partial charge in [0.2, 0.25) is 0 Å². The first kappa shape index (κ1) is 19.5. The van der Waals surface area contributed by atoms with Crippen molar-refractivity contribution in [2.45, 2.75) is 40.0 Å². The smallest absolute Gasteiger partial charge is 0.418 e. The number of rotatable bonds is 2. The van der Waals surface area contributed by atoms with Crippen LogP contribution >= 0.6 is 0 Å². The van der Waals surface area contributed by atoms with Crippen LogP contribution in [0.15, 0.2) is 40.0 Å². The van der Waals surface area contributed by atoms with E-state index in [-0.39, 0.29) is 21.2 Å². The summed E-state index contributed by atoms with van der Waals surface area (Å²) in [5.41, 5.74) is 0.479. The minimum Gasteiger partial charge on any atom is -0.418 e. The lowest BCUT2D eigenvalue weighted by Gasteiger charge is -2.31. The SMILES string of the molecule is CC(C)(C)C1CC=C([I+]c2ccccc2)CC1.F[B-](F)(F)F. The molecule has 0 fully saturated rings. The highest BCUT2D eigenvalue weighted by Crippen LogP contribution is 2.35. The van der Waals surface area contributed by atoms with E-state index in [1.807, 2.05) is 0 Å². The molecule has 0 amide bonds. The van der Waals surface area contributed by atoms with Gasteiger partial charge in [-0.05, 0) is 42.4 Å². The van der Waals surface area contributed by atoms with Crippen molar-refractivity contribution in [3.63, 3.8) is 0 Å². The van der Waals surface area contributed by atoms with Crippen molar-refractivity contribution < 1.29 is 38.5 Å². The van der Waals surface area contributed by atoms with Gasteiger partial charge < -0.3 is 17.3 Å². The van der Waals surface area contributed by atoms with Crippen LogP contribution < -0.4 is 21.2 Å². The molecule has 0 saturated carbocycles. The molecule has 1 aliphatic carbocycles. The number of allylic oxidation sites excluding steroid dienone is 2. The van der Waals surface area contributed by atoms with Gasteiger partial charge in [-0.2, -0.15) is 0 Å². The lowest BCUT2D eigenvalue weighted by molar-refractivity contribution is -0.579. The van der Waals surface area contributed by atoms with E-state index in [1.54, 1.807) is 7.15 Å². The maximum atomic E-state index is 9.75. The van der Waals surface area contributed by atoms with E-state index < -0.39 is 7.25 Å². The van der Waals surface area contributed by atoms with E-state index in [4.69, 9.17) is 0 Å². The van der Waals surface area contributed by atoms with Crippen molar-refractivity contribution in [2.24, 2.45) is 11.3 Å². The van der Waals surface area contributed by atoms with Gasteiger partial charge in [0.05, 0.1) is 0 Å². The molecule has 0 saturated heterocycles. The maximum Gasteiger partial charge on any atom is 0.673 e. The predicted molar refractivity (Wildman–Crippen MR) is 80.2 cm³/mol. The number of halogens is 5. The highest BCUT2D eigenvalue weighted by atomic mass is 127. The normalized spacial score (nSPS) is 19.0. The van der Waals surface area contributed by atoms with Gasteiger partial charge in [-0.3, -0.25) is 0 Å². The molecule has 6 heteroatoms. The molecule has 1 unspecified atom stereocenters. The summed E-state index contributed by atoms with van der Waals surface area (Å²) in [7, 11) is -6.00. The summed E-state index contributed by atoms with van der Waals surface area (Å²) in [6, 6.07) is 11.0. The zero-order valence-electron chi connectivity index (χ0n) is 13.1. The van der Waals surface area contributed by atoms with Crippen LogP contribution in [0.5, 0.6) is 0 Å². The third-order valence-corrected chi connectivity index (χ3v) is 6.56. The molecule has 0 heterocycles. The lowest BCUT2D eigenvalue weighted by Crippen LogP contribution is -3.61. The summed E-state index contributed by atoms with van der Waals surface area (Å²) >= 11 is 0.111. The van der Waals surface area contributed by atoms with Crippen molar-refractivity contribution in [2.75, 3.05) is 0 Å². The van der Waals surface area contributed by atoms with Gasteiger partial charge in [0.25, 0.3) is 0 Å². The molecule has 0 nitrogen and oxygen atoms in total. The molecular weight excluding hydrogens is 406 g/mol. The number of benzene rings is 1. The van der Waals surface area contributed by atoms with E-state index >= 15 is 0 Å². The third kappa shape index (κ3) is 8.81. The lowest BCUT2D eigenvalue weighted by atomic mass is 9.74. The summed E-state index contributed by atoms with van der Waals surface area (Å²) in [5.74, 6) is 0.881. The Labute approximate surface area is 140 Å². The average molecular weight is 428 g/mol. The molecule has 0 aromatic heterocycles. The molecule has 22 heavy (non-hydrogen) atoms. The molecule has 1 aromatic rings. The summed E-state index contributed by atoms with van der Waals surface area (Å²) in [5, 5.41) is 0. The second kappa shape index (κ2) is 8.36. The Morgan fingerprint density at radius 3 is 2.00 bits per heavy atom. The van der Waals surface area contributed by atoms with Gasteiger partial charge >= 0.3 is 28.5 Å². The zero-order valence-corrected chi connectivity index (χ0v) is 15.3. The summed E-state index contributed by atoms with van der Waals surface area (Å²) in [6.45, 7) is 7.13. The Hall–Kier alpha value is -0.525. The van der Waals surface area contributed by atoms with Crippen molar-refractivity contribution >= 4 is 7.25 Å². The van der Waals surface area contributed by atoms with Crippen molar-refractivity contribution in [1.82, 2.24) is 0 Å². The molecule has 1 aromatic carbocycles. The van der Waals surface area contributed by atoms with E-state index in [9.17, 15) is 17.3 Å². The summed E-state index contributed by atoms with van der Waals surface area (Å²) in [4.78, 5) is 0. The van der Waals surface area contributed by atoms with Crippen molar-refractivity contribution in [1.29, 1.82) is 0 Å². The van der Waals surface area contributed by atoms with E-state index in [1.165, 1.54) is 19.3 Å². The van der Waals surface area contributed by atoms with Crippen LogP contribution in [0.1, 0.15) is 40.0 Å². The Balaban J connectivity index is 0.000000422. The number of hydrogen-bond donors (Lipinski definition) is 0. The third-order valence-electron chi connectivity index (χ3n) is 3.54. The van der Waals surface area contributed by atoms with Crippen LogP contribution in [-0.2, 0) is 0 Å². The summed E-state index contributed by atoms with van der Waals surface area (Å²) in [6.07, 6.45) is 6.57. The fourth-order valence-corrected chi connectivity index (χ4v) is 4.92. The monoisotopic (exact) mass is 428 g/mol. The van der Waals surface area contributed by atoms with Crippen LogP contribution in [0, 0.1) is 14.9 Å². The van der Waals surface area contributed by atoms with Crippen LogP contribution in [-0.4, -0.2) is 7.25 Å². The Bertz CT molecular complexity index is 471. The van der Waals surface area contributed by atoms with E-state index in [0.717, 1.165) is 5.92 Å². The van der Waals surface area contributed by atoms with Crippen LogP contribution in [0.2, 0.25) is 0 Å². The quantitative estimate of drug-likeness (QED) is 0.386. The standard InChI is InChI=1S/C16H22I.BF4/c1-16(2,3)13-9-11-15(12-10-13)17-14-7-5-4-6-8-14;2-1(3,4)5/h4-8,11,13H,9-10,12H2,1-3H3;/q+1;-1. The largest absolute Gasteiger partial charge is 0.673 e. The molecule has 0 aliphatic heterocycles. The fourth-order valence-electron chi connectivity index (χ4n) is 2.29. The van der Waals surface area contributed by atoms with Crippen molar-refractivity contribution in [3.05, 3.63) is 43.6 Å². The minimum absolute atomic E-state index is 0.111. The Kier molecular flexibility index (Phi) is 7.42. The van der Waals surface area contributed by atoms with E-state index in [0.29, 0.717) is 5.41 Å². The van der Waals surface area contributed by atoms with E-state index in [2.05, 4.69) is 57.2 Å². The van der Waals surface area contributed by atoms with Gasteiger partial charge in [0.15, 0.2) is 7.15 Å². The molecule has 124 valence electrons. The molecule has 1 aliphatic rings. The summed E-state index contributed by atoms with van der Waals surface area (Å²) < 4.78 is 42.3. The predicted octanol–water partition coefficient (Wildman–Crippen LogP) is 2.98.